The third-order valence-corrected chi connectivity index (χ3v) is 2.31. The molecule has 1 aromatic rings. The number of nitrogens with zero attached hydrogens (tertiary/aromatic N) is 1. The molecule has 0 heterocycles. The summed E-state index contributed by atoms with van der Waals surface area (Å²) in [6, 6.07) is 6.52. The summed E-state index contributed by atoms with van der Waals surface area (Å²) in [5, 5.41) is 10.7. The third-order valence-electron chi connectivity index (χ3n) is 2.31. The summed E-state index contributed by atoms with van der Waals surface area (Å²) < 4.78 is 42.7. The lowest BCUT2D eigenvalue weighted by Gasteiger charge is -2.19. The van der Waals surface area contributed by atoms with Crippen LogP contribution in [0.1, 0.15) is 5.56 Å². The fraction of sp³-hybridized carbons (Fsp3) is 0.364. The van der Waals surface area contributed by atoms with Crippen LogP contribution in [0.4, 0.5) is 13.2 Å². The van der Waals surface area contributed by atoms with E-state index in [1.807, 2.05) is 6.92 Å². The molecule has 0 aliphatic heterocycles. The van der Waals surface area contributed by atoms with Crippen LogP contribution in [0, 0.1) is 12.8 Å². The maximum absolute atomic E-state index is 12.6. The van der Waals surface area contributed by atoms with Gasteiger partial charge in [0, 0.05) is 0 Å². The van der Waals surface area contributed by atoms with Gasteiger partial charge in [0.25, 0.3) is 0 Å². The van der Waals surface area contributed by atoms with Crippen molar-refractivity contribution in [1.29, 1.82) is 0 Å². The van der Waals surface area contributed by atoms with E-state index in [1.54, 1.807) is 24.3 Å². The summed E-state index contributed by atoms with van der Waals surface area (Å²) in [4.78, 5) is 0. The Morgan fingerprint density at radius 1 is 1.39 bits per heavy atom. The second-order valence-electron chi connectivity index (χ2n) is 3.74. The maximum atomic E-state index is 12.6. The van der Waals surface area contributed by atoms with Gasteiger partial charge in [-0.05, 0) is 19.1 Å². The summed E-state index contributed by atoms with van der Waals surface area (Å²) >= 11 is 0. The van der Waals surface area contributed by atoms with Crippen molar-refractivity contribution in [2.75, 3.05) is 6.61 Å². The molecule has 18 heavy (non-hydrogen) atoms. The molecule has 1 atom stereocenters. The van der Waals surface area contributed by atoms with Gasteiger partial charge in [-0.2, -0.15) is 13.2 Å². The molecule has 0 fully saturated rings. The van der Waals surface area contributed by atoms with Gasteiger partial charge in [0.2, 0.25) is 0 Å². The van der Waals surface area contributed by atoms with Crippen LogP contribution in [0.2, 0.25) is 0 Å². The van der Waals surface area contributed by atoms with Crippen LogP contribution in [-0.4, -0.2) is 23.8 Å². The summed E-state index contributed by atoms with van der Waals surface area (Å²) in [5.41, 5.74) is 5.96. The Hall–Kier alpha value is -1.92. The fourth-order valence-electron chi connectivity index (χ4n) is 1.23. The van der Waals surface area contributed by atoms with Crippen molar-refractivity contribution >= 4 is 5.84 Å². The molecule has 0 radical (unpaired) electrons. The van der Waals surface area contributed by atoms with Gasteiger partial charge in [0.15, 0.2) is 5.84 Å². The normalized spacial score (nSPS) is 14.3. The molecule has 3 N–H and O–H groups in total. The monoisotopic (exact) mass is 262 g/mol. The lowest BCUT2D eigenvalue weighted by molar-refractivity contribution is -0.162. The number of aryl methyl sites for hydroxylation is 1. The number of rotatable bonds is 4. The van der Waals surface area contributed by atoms with Gasteiger partial charge in [-0.3, -0.25) is 0 Å². The molecule has 0 amide bonds. The van der Waals surface area contributed by atoms with E-state index in [0.717, 1.165) is 5.56 Å². The van der Waals surface area contributed by atoms with Crippen molar-refractivity contribution in [3.05, 3.63) is 29.8 Å². The summed E-state index contributed by atoms with van der Waals surface area (Å²) in [7, 11) is 0. The lowest BCUT2D eigenvalue weighted by atomic mass is 10.1. The standard InChI is InChI=1S/C11H13F3N2O2/c1-7-2-4-8(5-3-7)18-6-9(10(15)16-17)11(12,13)14/h2-5,9,17H,6H2,1H3,(H2,15,16). The molecule has 0 aliphatic rings. The minimum Gasteiger partial charge on any atom is -0.492 e. The number of alkyl halides is 3. The van der Waals surface area contributed by atoms with E-state index >= 15 is 0 Å². The van der Waals surface area contributed by atoms with Crippen LogP contribution in [0.25, 0.3) is 0 Å². The van der Waals surface area contributed by atoms with E-state index in [0.29, 0.717) is 5.75 Å². The average molecular weight is 262 g/mol. The maximum Gasteiger partial charge on any atom is 0.402 e. The number of nitrogens with two attached hydrogens (primary N) is 1. The molecule has 1 unspecified atom stereocenters. The lowest BCUT2D eigenvalue weighted by Crippen LogP contribution is -2.40. The van der Waals surface area contributed by atoms with Crippen LogP contribution >= 0.6 is 0 Å². The Labute approximate surface area is 102 Å². The average Bonchev–Trinajstić information content (AvgIpc) is 2.29. The minimum atomic E-state index is -4.62. The van der Waals surface area contributed by atoms with E-state index < -0.39 is 24.5 Å². The first-order valence-electron chi connectivity index (χ1n) is 5.08. The van der Waals surface area contributed by atoms with E-state index in [2.05, 4.69) is 5.16 Å². The quantitative estimate of drug-likeness (QED) is 0.378. The van der Waals surface area contributed by atoms with Crippen LogP contribution in [0.15, 0.2) is 29.4 Å². The number of hydrogen-bond donors (Lipinski definition) is 2. The number of hydrogen-bond acceptors (Lipinski definition) is 3. The van der Waals surface area contributed by atoms with Crippen LogP contribution in [0.5, 0.6) is 5.75 Å². The molecule has 4 nitrogen and oxygen atoms in total. The predicted molar refractivity (Wildman–Crippen MR) is 59.6 cm³/mol. The smallest absolute Gasteiger partial charge is 0.402 e. The van der Waals surface area contributed by atoms with Gasteiger partial charge in [0.05, 0.1) is 0 Å². The molecule has 0 aromatic heterocycles. The van der Waals surface area contributed by atoms with Gasteiger partial charge in [-0.15, -0.1) is 0 Å². The molecule has 1 aromatic carbocycles. The molecule has 0 aliphatic carbocycles. The zero-order chi connectivity index (χ0) is 13.8. The Bertz CT molecular complexity index is 415. The first-order chi connectivity index (χ1) is 8.34. The molecular weight excluding hydrogens is 249 g/mol. The molecular formula is C11H13F3N2O2. The topological polar surface area (TPSA) is 67.8 Å². The molecule has 7 heteroatoms. The van der Waals surface area contributed by atoms with Crippen molar-refractivity contribution in [3.8, 4) is 5.75 Å². The molecule has 0 saturated heterocycles. The predicted octanol–water partition coefficient (Wildman–Crippen LogP) is 2.30. The molecule has 0 saturated carbocycles. The Morgan fingerprint density at radius 3 is 2.39 bits per heavy atom. The second-order valence-corrected chi connectivity index (χ2v) is 3.74. The highest BCUT2D eigenvalue weighted by Gasteiger charge is 2.43. The zero-order valence-electron chi connectivity index (χ0n) is 9.61. The number of amidine groups is 1. The SMILES string of the molecule is Cc1ccc(OCC(/C(N)=N/O)C(F)(F)F)cc1. The van der Waals surface area contributed by atoms with Gasteiger partial charge in [-0.1, -0.05) is 22.9 Å². The molecule has 100 valence electrons. The van der Waals surface area contributed by atoms with Crippen molar-refractivity contribution in [3.63, 3.8) is 0 Å². The van der Waals surface area contributed by atoms with Crippen LogP contribution < -0.4 is 10.5 Å². The van der Waals surface area contributed by atoms with Gasteiger partial charge < -0.3 is 15.7 Å². The van der Waals surface area contributed by atoms with E-state index in [9.17, 15) is 13.2 Å². The van der Waals surface area contributed by atoms with Gasteiger partial charge >= 0.3 is 6.18 Å². The first kappa shape index (κ1) is 14.1. The highest BCUT2D eigenvalue weighted by Crippen LogP contribution is 2.27. The summed E-state index contributed by atoms with van der Waals surface area (Å²) in [6.07, 6.45) is -4.62. The van der Waals surface area contributed by atoms with Crippen molar-refractivity contribution in [1.82, 2.24) is 0 Å². The molecule has 0 bridgehead atoms. The number of oxime groups is 1. The minimum absolute atomic E-state index is 0.292. The highest BCUT2D eigenvalue weighted by atomic mass is 19.4. The summed E-state index contributed by atoms with van der Waals surface area (Å²) in [6.45, 7) is 1.11. The van der Waals surface area contributed by atoms with E-state index in [1.165, 1.54) is 0 Å². The summed E-state index contributed by atoms with van der Waals surface area (Å²) in [5.74, 6) is -2.76. The highest BCUT2D eigenvalue weighted by molar-refractivity contribution is 5.83. The fourth-order valence-corrected chi connectivity index (χ4v) is 1.23. The second kappa shape index (κ2) is 5.61. The Kier molecular flexibility index (Phi) is 4.41. The molecule has 1 rings (SSSR count). The van der Waals surface area contributed by atoms with Gasteiger partial charge in [0.1, 0.15) is 18.3 Å². The van der Waals surface area contributed by atoms with Gasteiger partial charge in [-0.25, -0.2) is 0 Å². The van der Waals surface area contributed by atoms with Crippen LogP contribution in [0.3, 0.4) is 0 Å². The van der Waals surface area contributed by atoms with Crippen molar-refractivity contribution in [2.24, 2.45) is 16.8 Å². The zero-order valence-corrected chi connectivity index (χ0v) is 9.61. The Balaban J connectivity index is 2.71. The third kappa shape index (κ3) is 3.83. The van der Waals surface area contributed by atoms with Crippen molar-refractivity contribution in [2.45, 2.75) is 13.1 Å². The van der Waals surface area contributed by atoms with Crippen LogP contribution in [-0.2, 0) is 0 Å². The molecule has 0 spiro atoms. The Morgan fingerprint density at radius 2 is 1.94 bits per heavy atom. The van der Waals surface area contributed by atoms with E-state index in [4.69, 9.17) is 15.7 Å². The number of halogens is 3. The van der Waals surface area contributed by atoms with E-state index in [-0.39, 0.29) is 0 Å². The number of ether oxygens (including phenoxy) is 1. The van der Waals surface area contributed by atoms with Crippen molar-refractivity contribution < 1.29 is 23.1 Å². The first-order valence-corrected chi connectivity index (χ1v) is 5.08. The largest absolute Gasteiger partial charge is 0.492 e. The number of benzene rings is 1.